The maximum Gasteiger partial charge on any atom is 0.253 e. The lowest BCUT2D eigenvalue weighted by molar-refractivity contribution is 0.0941. The summed E-state index contributed by atoms with van der Waals surface area (Å²) in [5, 5.41) is 7.35. The minimum Gasteiger partial charge on any atom is -0.357 e. The number of carbonyl (C=O) groups is 1. The molecule has 1 aliphatic rings. The van der Waals surface area contributed by atoms with Gasteiger partial charge in [-0.25, -0.2) is 4.98 Å². The number of para-hydroxylation sites is 2. The van der Waals surface area contributed by atoms with E-state index < -0.39 is 0 Å². The molecule has 138 valence electrons. The highest BCUT2D eigenvalue weighted by Crippen LogP contribution is 2.33. The minimum atomic E-state index is -0.0183. The number of aromatic nitrogens is 2. The van der Waals surface area contributed by atoms with Gasteiger partial charge < -0.3 is 15.6 Å². The SMILES string of the molecule is C[C@@H]1CNC(=O)c2cc(-c3cccc4ccc(Nc5ccccc5)nc34)[nH]c21. The van der Waals surface area contributed by atoms with Crippen molar-refractivity contribution in [3.8, 4) is 11.3 Å². The molecule has 3 N–H and O–H groups in total. The van der Waals surface area contributed by atoms with E-state index in [1.807, 2.05) is 54.6 Å². The number of nitrogens with one attached hydrogen (secondary N) is 3. The predicted molar refractivity (Wildman–Crippen MR) is 112 cm³/mol. The van der Waals surface area contributed by atoms with Crippen LogP contribution in [0, 0.1) is 0 Å². The van der Waals surface area contributed by atoms with E-state index in [9.17, 15) is 4.79 Å². The van der Waals surface area contributed by atoms with Crippen LogP contribution in [0.5, 0.6) is 0 Å². The van der Waals surface area contributed by atoms with E-state index in [0.717, 1.165) is 44.9 Å². The number of pyridine rings is 1. The van der Waals surface area contributed by atoms with Crippen molar-refractivity contribution < 1.29 is 4.79 Å². The first-order valence-corrected chi connectivity index (χ1v) is 9.42. The summed E-state index contributed by atoms with van der Waals surface area (Å²) in [5.74, 6) is 1.03. The largest absolute Gasteiger partial charge is 0.357 e. The van der Waals surface area contributed by atoms with Crippen molar-refractivity contribution in [2.24, 2.45) is 0 Å². The number of hydrogen-bond donors (Lipinski definition) is 3. The number of fused-ring (bicyclic) bond motifs is 2. The molecule has 0 bridgehead atoms. The highest BCUT2D eigenvalue weighted by molar-refractivity contribution is 6.00. The van der Waals surface area contributed by atoms with Gasteiger partial charge in [-0.3, -0.25) is 4.79 Å². The summed E-state index contributed by atoms with van der Waals surface area (Å²) < 4.78 is 0. The first-order valence-electron chi connectivity index (χ1n) is 9.42. The van der Waals surface area contributed by atoms with E-state index in [-0.39, 0.29) is 11.8 Å². The quantitative estimate of drug-likeness (QED) is 0.485. The molecule has 0 aliphatic carbocycles. The summed E-state index contributed by atoms with van der Waals surface area (Å²) in [6.07, 6.45) is 0. The van der Waals surface area contributed by atoms with Crippen molar-refractivity contribution in [3.63, 3.8) is 0 Å². The molecule has 0 saturated heterocycles. The average Bonchev–Trinajstić information content (AvgIpc) is 3.18. The van der Waals surface area contributed by atoms with Crippen LogP contribution in [0.2, 0.25) is 0 Å². The molecule has 1 aliphatic heterocycles. The fourth-order valence-corrected chi connectivity index (χ4v) is 3.74. The highest BCUT2D eigenvalue weighted by atomic mass is 16.1. The second kappa shape index (κ2) is 6.53. The number of anilines is 2. The monoisotopic (exact) mass is 368 g/mol. The van der Waals surface area contributed by atoms with Crippen LogP contribution in [0.4, 0.5) is 11.5 Å². The van der Waals surface area contributed by atoms with Crippen LogP contribution in [0.15, 0.2) is 66.7 Å². The number of hydrogen-bond acceptors (Lipinski definition) is 3. The predicted octanol–water partition coefficient (Wildman–Crippen LogP) is 4.82. The van der Waals surface area contributed by atoms with E-state index in [4.69, 9.17) is 4.98 Å². The van der Waals surface area contributed by atoms with Gasteiger partial charge in [0.1, 0.15) is 5.82 Å². The van der Waals surface area contributed by atoms with Gasteiger partial charge in [-0.15, -0.1) is 0 Å². The molecule has 0 radical (unpaired) electrons. The maximum atomic E-state index is 12.2. The molecule has 3 heterocycles. The lowest BCUT2D eigenvalue weighted by Crippen LogP contribution is -2.33. The molecule has 5 heteroatoms. The number of aromatic amines is 1. The van der Waals surface area contributed by atoms with Gasteiger partial charge in [0.25, 0.3) is 5.91 Å². The molecule has 0 fully saturated rings. The van der Waals surface area contributed by atoms with Crippen LogP contribution in [-0.4, -0.2) is 22.4 Å². The van der Waals surface area contributed by atoms with Gasteiger partial charge in [0, 0.05) is 40.5 Å². The molecule has 1 atom stereocenters. The van der Waals surface area contributed by atoms with Crippen LogP contribution >= 0.6 is 0 Å². The summed E-state index contributed by atoms with van der Waals surface area (Å²) in [4.78, 5) is 20.6. The lowest BCUT2D eigenvalue weighted by atomic mass is 9.99. The van der Waals surface area contributed by atoms with E-state index in [1.54, 1.807) is 0 Å². The molecule has 5 rings (SSSR count). The molecule has 28 heavy (non-hydrogen) atoms. The third-order valence-corrected chi connectivity index (χ3v) is 5.21. The van der Waals surface area contributed by atoms with E-state index in [0.29, 0.717) is 6.54 Å². The molecule has 1 amide bonds. The fourth-order valence-electron chi connectivity index (χ4n) is 3.74. The lowest BCUT2D eigenvalue weighted by Gasteiger charge is -2.18. The van der Waals surface area contributed by atoms with Crippen LogP contribution in [0.1, 0.15) is 28.9 Å². The first-order chi connectivity index (χ1) is 13.7. The molecule has 5 nitrogen and oxygen atoms in total. The van der Waals surface area contributed by atoms with E-state index in [1.165, 1.54) is 0 Å². The van der Waals surface area contributed by atoms with Crippen LogP contribution in [-0.2, 0) is 0 Å². The fraction of sp³-hybridized carbons (Fsp3) is 0.130. The molecule has 0 unspecified atom stereocenters. The summed E-state index contributed by atoms with van der Waals surface area (Å²) >= 11 is 0. The van der Waals surface area contributed by atoms with Crippen molar-refractivity contribution in [2.75, 3.05) is 11.9 Å². The van der Waals surface area contributed by atoms with Gasteiger partial charge in [0.15, 0.2) is 0 Å². The molecule has 0 saturated carbocycles. The van der Waals surface area contributed by atoms with Crippen molar-refractivity contribution in [1.29, 1.82) is 0 Å². The number of amides is 1. The second-order valence-corrected chi connectivity index (χ2v) is 7.19. The highest BCUT2D eigenvalue weighted by Gasteiger charge is 2.25. The Labute approximate surface area is 162 Å². The molecule has 2 aromatic heterocycles. The van der Waals surface area contributed by atoms with Gasteiger partial charge in [0.2, 0.25) is 0 Å². The van der Waals surface area contributed by atoms with Gasteiger partial charge in [0.05, 0.1) is 11.1 Å². The van der Waals surface area contributed by atoms with Gasteiger partial charge >= 0.3 is 0 Å². The Morgan fingerprint density at radius 1 is 1.00 bits per heavy atom. The first kappa shape index (κ1) is 16.6. The number of carbonyl (C=O) groups excluding carboxylic acids is 1. The maximum absolute atomic E-state index is 12.2. The van der Waals surface area contributed by atoms with Crippen molar-refractivity contribution >= 4 is 28.3 Å². The summed E-state index contributed by atoms with van der Waals surface area (Å²) in [5.41, 5.74) is 5.52. The zero-order chi connectivity index (χ0) is 19.1. The number of benzene rings is 2. The number of H-pyrrole nitrogens is 1. The topological polar surface area (TPSA) is 69.8 Å². The Balaban J connectivity index is 1.61. The molecular weight excluding hydrogens is 348 g/mol. The smallest absolute Gasteiger partial charge is 0.253 e. The molecule has 4 aromatic rings. The Morgan fingerprint density at radius 3 is 2.68 bits per heavy atom. The van der Waals surface area contributed by atoms with Gasteiger partial charge in [-0.1, -0.05) is 43.3 Å². The van der Waals surface area contributed by atoms with E-state index in [2.05, 4.69) is 34.7 Å². The third-order valence-electron chi connectivity index (χ3n) is 5.21. The zero-order valence-electron chi connectivity index (χ0n) is 15.5. The van der Waals surface area contributed by atoms with Crippen molar-refractivity contribution in [2.45, 2.75) is 12.8 Å². The summed E-state index contributed by atoms with van der Waals surface area (Å²) in [7, 11) is 0. The van der Waals surface area contributed by atoms with Crippen molar-refractivity contribution in [3.05, 3.63) is 78.0 Å². The van der Waals surface area contributed by atoms with Gasteiger partial charge in [-0.2, -0.15) is 0 Å². The second-order valence-electron chi connectivity index (χ2n) is 7.19. The minimum absolute atomic E-state index is 0.0183. The Morgan fingerprint density at radius 2 is 1.86 bits per heavy atom. The van der Waals surface area contributed by atoms with Gasteiger partial charge in [-0.05, 0) is 30.3 Å². The van der Waals surface area contributed by atoms with Crippen molar-refractivity contribution in [1.82, 2.24) is 15.3 Å². The zero-order valence-corrected chi connectivity index (χ0v) is 15.5. The summed E-state index contributed by atoms with van der Waals surface area (Å²) in [6.45, 7) is 2.77. The normalized spacial score (nSPS) is 15.9. The van der Waals surface area contributed by atoms with Crippen LogP contribution in [0.3, 0.4) is 0 Å². The molecule has 0 spiro atoms. The molecular formula is C23H20N4O. The summed E-state index contributed by atoms with van der Waals surface area (Å²) in [6, 6.07) is 22.1. The Kier molecular flexibility index (Phi) is 3.86. The standard InChI is InChI=1S/C23H20N4O/c1-14-13-24-23(28)18-12-19(26-21(14)18)17-9-5-6-15-10-11-20(27-22(15)17)25-16-7-3-2-4-8-16/h2-12,14,26H,13H2,1H3,(H,24,28)(H,25,27)/t14-/m1/s1. The Bertz CT molecular complexity index is 1180. The van der Waals surface area contributed by atoms with Crippen LogP contribution in [0.25, 0.3) is 22.2 Å². The molecule has 2 aromatic carbocycles. The van der Waals surface area contributed by atoms with Crippen LogP contribution < -0.4 is 10.6 Å². The number of nitrogens with zero attached hydrogens (tertiary/aromatic N) is 1. The Hall–Kier alpha value is -3.60. The third kappa shape index (κ3) is 2.81. The average molecular weight is 368 g/mol. The van der Waals surface area contributed by atoms with E-state index >= 15 is 0 Å². The number of rotatable bonds is 3.